The first kappa shape index (κ1) is 14.9. The minimum absolute atomic E-state index is 0.321. The maximum atomic E-state index is 5.53. The zero-order valence-electron chi connectivity index (χ0n) is 14.1. The van der Waals surface area contributed by atoms with Gasteiger partial charge in [-0.1, -0.05) is 39.0 Å². The summed E-state index contributed by atoms with van der Waals surface area (Å²) in [6.07, 6.45) is 4.17. The zero-order chi connectivity index (χ0) is 15.3. The Morgan fingerprint density at radius 2 is 1.95 bits per heavy atom. The highest BCUT2D eigenvalue weighted by atomic mass is 16.5. The number of para-hydroxylation sites is 1. The van der Waals surface area contributed by atoms with E-state index >= 15 is 0 Å². The summed E-state index contributed by atoms with van der Waals surface area (Å²) < 4.78 is 5.53. The summed E-state index contributed by atoms with van der Waals surface area (Å²) in [6, 6.07) is 9.28. The minimum atomic E-state index is 0.321. The van der Waals surface area contributed by atoms with E-state index in [2.05, 4.69) is 51.2 Å². The predicted molar refractivity (Wildman–Crippen MR) is 87.6 cm³/mol. The first-order valence-electron chi connectivity index (χ1n) is 8.27. The molecule has 2 fully saturated rings. The van der Waals surface area contributed by atoms with Crippen molar-refractivity contribution in [3.05, 3.63) is 29.8 Å². The second kappa shape index (κ2) is 5.01. The van der Waals surface area contributed by atoms with Crippen molar-refractivity contribution in [1.29, 1.82) is 0 Å². The summed E-state index contributed by atoms with van der Waals surface area (Å²) in [4.78, 5) is 0. The summed E-state index contributed by atoms with van der Waals surface area (Å²) in [5.41, 5.74) is 2.12. The third-order valence-corrected chi connectivity index (χ3v) is 6.29. The van der Waals surface area contributed by atoms with E-state index in [4.69, 9.17) is 4.74 Å². The Balaban J connectivity index is 1.83. The van der Waals surface area contributed by atoms with E-state index in [-0.39, 0.29) is 0 Å². The Hall–Kier alpha value is -1.02. The number of methoxy groups -OCH3 is 1. The van der Waals surface area contributed by atoms with E-state index in [1.54, 1.807) is 7.11 Å². The molecule has 2 nitrogen and oxygen atoms in total. The smallest absolute Gasteiger partial charge is 0.123 e. The summed E-state index contributed by atoms with van der Waals surface area (Å²) in [5.74, 6) is 1.87. The van der Waals surface area contributed by atoms with Crippen LogP contribution in [-0.4, -0.2) is 13.2 Å². The average Bonchev–Trinajstić information content (AvgIpc) is 2.94. The number of hydrogen-bond donors (Lipinski definition) is 1. The van der Waals surface area contributed by atoms with E-state index in [1.807, 2.05) is 6.07 Å². The molecule has 1 aromatic rings. The minimum Gasteiger partial charge on any atom is -0.496 e. The lowest BCUT2D eigenvalue weighted by molar-refractivity contribution is 0.0999. The first-order valence-corrected chi connectivity index (χ1v) is 8.27. The van der Waals surface area contributed by atoms with Crippen LogP contribution in [0.1, 0.15) is 58.6 Å². The van der Waals surface area contributed by atoms with Crippen molar-refractivity contribution >= 4 is 0 Å². The first-order chi connectivity index (χ1) is 9.88. The van der Waals surface area contributed by atoms with Crippen LogP contribution in [0, 0.1) is 16.7 Å². The van der Waals surface area contributed by atoms with Crippen molar-refractivity contribution in [3.63, 3.8) is 0 Å². The Bertz CT molecular complexity index is 519. The number of hydrogen-bond acceptors (Lipinski definition) is 2. The number of rotatable bonds is 4. The fourth-order valence-electron chi connectivity index (χ4n) is 5.08. The SMILES string of the molecule is COc1ccccc1[C@H](C)NC1C(C)(C)[C@H]2CC[C@]1(C)C2. The molecule has 1 aromatic carbocycles. The molecule has 0 aromatic heterocycles. The van der Waals surface area contributed by atoms with E-state index in [1.165, 1.54) is 24.8 Å². The maximum absolute atomic E-state index is 5.53. The molecule has 0 radical (unpaired) electrons. The molecule has 0 saturated heterocycles. The lowest BCUT2D eigenvalue weighted by Gasteiger charge is -2.44. The van der Waals surface area contributed by atoms with Crippen LogP contribution >= 0.6 is 0 Å². The van der Waals surface area contributed by atoms with Gasteiger partial charge in [0.25, 0.3) is 0 Å². The summed E-state index contributed by atoms with van der Waals surface area (Å²) in [5, 5.41) is 3.95. The molecule has 2 heteroatoms. The van der Waals surface area contributed by atoms with Crippen molar-refractivity contribution in [2.45, 2.75) is 59.0 Å². The highest BCUT2D eigenvalue weighted by Crippen LogP contribution is 2.62. The van der Waals surface area contributed by atoms with Gasteiger partial charge < -0.3 is 10.1 Å². The molecule has 4 atom stereocenters. The van der Waals surface area contributed by atoms with Gasteiger partial charge in [0.1, 0.15) is 5.75 Å². The highest BCUT2D eigenvalue weighted by Gasteiger charge is 2.59. The number of nitrogens with one attached hydrogen (secondary N) is 1. The molecule has 2 bridgehead atoms. The Kier molecular flexibility index (Phi) is 3.56. The molecule has 0 amide bonds. The van der Waals surface area contributed by atoms with Gasteiger partial charge in [0.15, 0.2) is 0 Å². The van der Waals surface area contributed by atoms with Crippen molar-refractivity contribution in [2.24, 2.45) is 16.7 Å². The van der Waals surface area contributed by atoms with Crippen molar-refractivity contribution in [1.82, 2.24) is 5.32 Å². The van der Waals surface area contributed by atoms with Gasteiger partial charge in [-0.05, 0) is 49.0 Å². The molecule has 0 aliphatic heterocycles. The quantitative estimate of drug-likeness (QED) is 0.876. The van der Waals surface area contributed by atoms with E-state index in [0.29, 0.717) is 22.9 Å². The molecular weight excluding hydrogens is 258 g/mol. The lowest BCUT2D eigenvalue weighted by Crippen LogP contribution is -2.51. The van der Waals surface area contributed by atoms with Crippen LogP contribution in [0.5, 0.6) is 5.75 Å². The van der Waals surface area contributed by atoms with E-state index in [0.717, 1.165) is 11.7 Å². The second-order valence-electron chi connectivity index (χ2n) is 7.98. The topological polar surface area (TPSA) is 21.3 Å². The van der Waals surface area contributed by atoms with Crippen LogP contribution in [0.4, 0.5) is 0 Å². The molecule has 2 aliphatic carbocycles. The number of fused-ring (bicyclic) bond motifs is 2. The summed E-state index contributed by atoms with van der Waals surface area (Å²) in [7, 11) is 1.76. The van der Waals surface area contributed by atoms with E-state index in [9.17, 15) is 0 Å². The molecule has 0 heterocycles. The average molecular weight is 287 g/mol. The molecule has 0 spiro atoms. The molecule has 2 aliphatic rings. The van der Waals surface area contributed by atoms with Crippen LogP contribution in [-0.2, 0) is 0 Å². The normalized spacial score (nSPS) is 34.9. The Morgan fingerprint density at radius 3 is 2.57 bits per heavy atom. The third kappa shape index (κ3) is 2.28. The van der Waals surface area contributed by atoms with Gasteiger partial charge in [0.2, 0.25) is 0 Å². The number of ether oxygens (including phenoxy) is 1. The number of benzene rings is 1. The van der Waals surface area contributed by atoms with Gasteiger partial charge in [-0.25, -0.2) is 0 Å². The zero-order valence-corrected chi connectivity index (χ0v) is 14.1. The Labute approximate surface area is 129 Å². The largest absolute Gasteiger partial charge is 0.496 e. The molecule has 116 valence electrons. The van der Waals surface area contributed by atoms with Gasteiger partial charge in [-0.3, -0.25) is 0 Å². The van der Waals surface area contributed by atoms with Gasteiger partial charge in [0.05, 0.1) is 7.11 Å². The Morgan fingerprint density at radius 1 is 1.24 bits per heavy atom. The van der Waals surface area contributed by atoms with Gasteiger partial charge in [0, 0.05) is 17.6 Å². The molecule has 3 rings (SSSR count). The van der Waals surface area contributed by atoms with Crippen molar-refractivity contribution in [2.75, 3.05) is 7.11 Å². The van der Waals surface area contributed by atoms with Crippen LogP contribution in [0.15, 0.2) is 24.3 Å². The van der Waals surface area contributed by atoms with Crippen LogP contribution in [0.2, 0.25) is 0 Å². The highest BCUT2D eigenvalue weighted by molar-refractivity contribution is 5.35. The van der Waals surface area contributed by atoms with Crippen LogP contribution in [0.25, 0.3) is 0 Å². The molecule has 2 saturated carbocycles. The van der Waals surface area contributed by atoms with Crippen LogP contribution < -0.4 is 10.1 Å². The van der Waals surface area contributed by atoms with E-state index < -0.39 is 0 Å². The fourth-order valence-corrected chi connectivity index (χ4v) is 5.08. The standard InChI is InChI=1S/C19H29NO/c1-13(15-8-6-7-9-16(15)21-5)20-17-18(2,3)14-10-11-19(17,4)12-14/h6-9,13-14,17,20H,10-12H2,1-5H3/t13-,14-,17?,19+/m0/s1. The fraction of sp³-hybridized carbons (Fsp3) is 0.684. The van der Waals surface area contributed by atoms with Gasteiger partial charge >= 0.3 is 0 Å². The molecule has 1 N–H and O–H groups in total. The monoisotopic (exact) mass is 287 g/mol. The van der Waals surface area contributed by atoms with Crippen molar-refractivity contribution in [3.8, 4) is 5.75 Å². The van der Waals surface area contributed by atoms with Gasteiger partial charge in [-0.15, -0.1) is 0 Å². The maximum Gasteiger partial charge on any atom is 0.123 e. The van der Waals surface area contributed by atoms with Crippen LogP contribution in [0.3, 0.4) is 0 Å². The summed E-state index contributed by atoms with van der Waals surface area (Å²) >= 11 is 0. The molecule has 21 heavy (non-hydrogen) atoms. The summed E-state index contributed by atoms with van der Waals surface area (Å²) in [6.45, 7) is 9.65. The molecule has 1 unspecified atom stereocenters. The van der Waals surface area contributed by atoms with Gasteiger partial charge in [-0.2, -0.15) is 0 Å². The molecular formula is C19H29NO. The third-order valence-electron chi connectivity index (χ3n) is 6.29. The lowest BCUT2D eigenvalue weighted by atomic mass is 9.68. The second-order valence-corrected chi connectivity index (χ2v) is 7.98. The predicted octanol–water partition coefficient (Wildman–Crippen LogP) is 4.56. The van der Waals surface area contributed by atoms with Crippen molar-refractivity contribution < 1.29 is 4.74 Å².